The van der Waals surface area contributed by atoms with Crippen LogP contribution in [0.1, 0.15) is 35.0 Å². The van der Waals surface area contributed by atoms with E-state index in [0.29, 0.717) is 17.2 Å². The largest absolute Gasteiger partial charge is 0.496 e. The van der Waals surface area contributed by atoms with E-state index in [0.717, 1.165) is 18.5 Å². The Morgan fingerprint density at radius 1 is 1.06 bits per heavy atom. The molecule has 18 heteroatoms. The summed E-state index contributed by atoms with van der Waals surface area (Å²) in [6.07, 6.45) is -11.7. The Kier molecular flexibility index (Phi) is 10.1. The highest BCUT2D eigenvalue weighted by Gasteiger charge is 2.48. The first kappa shape index (κ1) is 37.9. The summed E-state index contributed by atoms with van der Waals surface area (Å²) in [7, 11) is -2.81. The number of hydrogen-bond acceptors (Lipinski definition) is 9. The lowest BCUT2D eigenvalue weighted by molar-refractivity contribution is -0.158. The van der Waals surface area contributed by atoms with Crippen molar-refractivity contribution in [1.82, 2.24) is 14.9 Å². The SMILES string of the molecule is COc1cc(F)c(-c2ccc(C(=O)O)cc2C)cc1-c1cnc(S(C)(=O)=O)nc1CN1C(O)O[C@H](C2C=C(C(F)(F)F)C=C(C(F)(F)F)C2)[C@@H]1C. The fourth-order valence-electron chi connectivity index (χ4n) is 6.16. The molecule has 2 aromatic carbocycles. The second kappa shape index (κ2) is 13.6. The summed E-state index contributed by atoms with van der Waals surface area (Å²) >= 11 is 0. The van der Waals surface area contributed by atoms with E-state index < -0.39 is 87.7 Å². The number of rotatable bonds is 8. The average molecular weight is 746 g/mol. The Balaban J connectivity index is 1.58. The van der Waals surface area contributed by atoms with E-state index >= 15 is 4.39 Å². The van der Waals surface area contributed by atoms with Crippen LogP contribution in [0.2, 0.25) is 0 Å². The predicted octanol–water partition coefficient (Wildman–Crippen LogP) is 6.23. The number of aryl methyl sites for hydroxylation is 1. The van der Waals surface area contributed by atoms with E-state index in [2.05, 4.69) is 9.97 Å². The van der Waals surface area contributed by atoms with Crippen molar-refractivity contribution in [2.45, 2.75) is 62.9 Å². The number of carboxylic acids is 1. The molecule has 0 spiro atoms. The van der Waals surface area contributed by atoms with Crippen molar-refractivity contribution in [1.29, 1.82) is 0 Å². The second-order valence-electron chi connectivity index (χ2n) is 12.1. The normalized spacial score (nSPS) is 21.7. The van der Waals surface area contributed by atoms with Crippen LogP contribution in [-0.4, -0.2) is 83.7 Å². The van der Waals surface area contributed by atoms with Crippen molar-refractivity contribution < 1.29 is 63.6 Å². The molecule has 0 radical (unpaired) electrons. The first-order valence-corrected chi connectivity index (χ1v) is 16.9. The van der Waals surface area contributed by atoms with Crippen LogP contribution in [-0.2, 0) is 21.1 Å². The van der Waals surface area contributed by atoms with Gasteiger partial charge in [-0.3, -0.25) is 0 Å². The summed E-state index contributed by atoms with van der Waals surface area (Å²) in [5, 5.41) is 19.6. The standard InChI is InChI=1S/C33H30F7N3O7S/c1-15-7-17(29(44)45)5-6-21(15)22-11-23(27(49-3)12-25(22)34)24-13-41-30(51(4,47)48)42-26(24)14-43-16(2)28(50-31(43)46)18-8-19(32(35,36)37)10-20(9-18)33(38,39)40/h5-8,10-13,16,18,28,31,46H,9,14H2,1-4H3,(H,44,45)/t16-,18?,28-,31?/m0/s1. The van der Waals surface area contributed by atoms with Gasteiger partial charge in [-0.15, -0.1) is 0 Å². The number of hydrogen-bond donors (Lipinski definition) is 2. The average Bonchev–Trinajstić information content (AvgIpc) is 3.31. The lowest BCUT2D eigenvalue weighted by Gasteiger charge is -2.30. The molecule has 1 aliphatic carbocycles. The lowest BCUT2D eigenvalue weighted by atomic mass is 9.83. The number of aliphatic hydroxyl groups is 1. The first-order valence-electron chi connectivity index (χ1n) is 15.0. The maximum Gasteiger partial charge on any atom is 0.416 e. The molecule has 10 nitrogen and oxygen atoms in total. The maximum atomic E-state index is 15.5. The predicted molar refractivity (Wildman–Crippen MR) is 166 cm³/mol. The van der Waals surface area contributed by atoms with Gasteiger partial charge >= 0.3 is 18.3 Å². The van der Waals surface area contributed by atoms with Gasteiger partial charge in [-0.2, -0.15) is 26.3 Å². The van der Waals surface area contributed by atoms with Crippen molar-refractivity contribution >= 4 is 15.8 Å². The molecular formula is C33H30F7N3O7S. The van der Waals surface area contributed by atoms with E-state index in [1.165, 1.54) is 43.2 Å². The third kappa shape index (κ3) is 7.78. The number of nitrogens with zero attached hydrogens (tertiary/aromatic N) is 3. The Morgan fingerprint density at radius 3 is 2.31 bits per heavy atom. The molecule has 1 saturated heterocycles. The molecule has 2 heterocycles. The molecule has 2 unspecified atom stereocenters. The van der Waals surface area contributed by atoms with E-state index in [1.54, 1.807) is 6.92 Å². The van der Waals surface area contributed by atoms with Crippen molar-refractivity contribution in [2.75, 3.05) is 13.4 Å². The molecule has 2 N–H and O–H groups in total. The van der Waals surface area contributed by atoms with Crippen molar-refractivity contribution in [3.63, 3.8) is 0 Å². The molecule has 0 bridgehead atoms. The van der Waals surface area contributed by atoms with Gasteiger partial charge in [0.1, 0.15) is 11.6 Å². The number of aliphatic hydroxyl groups excluding tert-OH is 1. The van der Waals surface area contributed by atoms with Crippen LogP contribution in [0.5, 0.6) is 5.75 Å². The summed E-state index contributed by atoms with van der Waals surface area (Å²) in [6, 6.07) is 5.36. The summed E-state index contributed by atoms with van der Waals surface area (Å²) in [6.45, 7) is 2.51. The Morgan fingerprint density at radius 2 is 1.75 bits per heavy atom. The van der Waals surface area contributed by atoms with E-state index in [9.17, 15) is 49.8 Å². The Labute approximate surface area is 286 Å². The van der Waals surface area contributed by atoms with Gasteiger partial charge in [0.25, 0.3) is 0 Å². The number of alkyl halides is 6. The number of benzene rings is 2. The molecular weight excluding hydrogens is 715 g/mol. The highest BCUT2D eigenvalue weighted by molar-refractivity contribution is 7.90. The zero-order valence-corrected chi connectivity index (χ0v) is 28.0. The number of aromatic carboxylic acids is 1. The number of halogens is 7. The first-order chi connectivity index (χ1) is 23.6. The highest BCUT2D eigenvalue weighted by atomic mass is 32.2. The van der Waals surface area contributed by atoms with Gasteiger partial charge in [0, 0.05) is 59.3 Å². The highest BCUT2D eigenvalue weighted by Crippen LogP contribution is 2.44. The monoisotopic (exact) mass is 745 g/mol. The molecule has 4 atom stereocenters. The smallest absolute Gasteiger partial charge is 0.416 e. The molecule has 1 aliphatic heterocycles. The van der Waals surface area contributed by atoms with Gasteiger partial charge in [-0.1, -0.05) is 12.1 Å². The van der Waals surface area contributed by atoms with Crippen LogP contribution in [0, 0.1) is 18.7 Å². The van der Waals surface area contributed by atoms with Gasteiger partial charge in [0.2, 0.25) is 21.4 Å². The number of ether oxygens (including phenoxy) is 2. The minimum Gasteiger partial charge on any atom is -0.496 e. The molecule has 0 saturated carbocycles. The van der Waals surface area contributed by atoms with E-state index in [1.807, 2.05) is 0 Å². The molecule has 51 heavy (non-hydrogen) atoms. The van der Waals surface area contributed by atoms with Gasteiger partial charge in [0.15, 0.2) is 0 Å². The third-order valence-electron chi connectivity index (χ3n) is 8.71. The number of sulfone groups is 1. The zero-order valence-electron chi connectivity index (χ0n) is 27.2. The number of carbonyl (C=O) groups is 1. The van der Waals surface area contributed by atoms with Gasteiger partial charge < -0.3 is 19.7 Å². The minimum absolute atomic E-state index is 0.00516. The fourth-order valence-corrected chi connectivity index (χ4v) is 6.68. The molecule has 2 aliphatic rings. The third-order valence-corrected chi connectivity index (χ3v) is 9.57. The number of carboxylic acid groups (broad SMARTS) is 1. The summed E-state index contributed by atoms with van der Waals surface area (Å²) in [5.41, 5.74) is -2.17. The molecule has 1 fully saturated rings. The number of methoxy groups -OCH3 is 1. The molecule has 0 amide bonds. The van der Waals surface area contributed by atoms with Crippen LogP contribution in [0.3, 0.4) is 0 Å². The van der Waals surface area contributed by atoms with Gasteiger partial charge in [-0.25, -0.2) is 32.5 Å². The molecule has 274 valence electrons. The van der Waals surface area contributed by atoms with Crippen molar-refractivity contribution in [3.8, 4) is 28.0 Å². The quantitative estimate of drug-likeness (QED) is 0.202. The minimum atomic E-state index is -5.10. The zero-order chi connectivity index (χ0) is 37.8. The topological polar surface area (TPSA) is 139 Å². The van der Waals surface area contributed by atoms with Crippen molar-refractivity contribution in [2.24, 2.45) is 5.92 Å². The summed E-state index contributed by atoms with van der Waals surface area (Å²) in [5.74, 6) is -3.49. The van der Waals surface area contributed by atoms with Gasteiger partial charge in [0.05, 0.1) is 30.0 Å². The van der Waals surface area contributed by atoms with Crippen LogP contribution >= 0.6 is 0 Å². The summed E-state index contributed by atoms with van der Waals surface area (Å²) < 4.78 is 133. The van der Waals surface area contributed by atoms with Crippen molar-refractivity contribution in [3.05, 3.63) is 82.5 Å². The molecule has 5 rings (SSSR count). The molecule has 3 aromatic rings. The van der Waals surface area contributed by atoms with Crippen LogP contribution in [0.25, 0.3) is 22.3 Å². The van der Waals surface area contributed by atoms with E-state index in [-0.39, 0.29) is 39.8 Å². The fraction of sp³-hybridized carbons (Fsp3) is 0.364. The van der Waals surface area contributed by atoms with Crippen LogP contribution in [0.15, 0.2) is 65.0 Å². The lowest BCUT2D eigenvalue weighted by Crippen LogP contribution is -2.39. The number of allylic oxidation sites excluding steroid dienone is 3. The van der Waals surface area contributed by atoms with Gasteiger partial charge in [-0.05, 0) is 55.7 Å². The number of aromatic nitrogens is 2. The van der Waals surface area contributed by atoms with Crippen LogP contribution in [0.4, 0.5) is 30.7 Å². The Bertz CT molecular complexity index is 2050. The summed E-state index contributed by atoms with van der Waals surface area (Å²) in [4.78, 5) is 20.8. The van der Waals surface area contributed by atoms with E-state index in [4.69, 9.17) is 9.47 Å². The maximum absolute atomic E-state index is 15.5. The second-order valence-corrected chi connectivity index (χ2v) is 14.1. The van der Waals surface area contributed by atoms with Crippen LogP contribution < -0.4 is 4.74 Å². The Hall–Kier alpha value is -4.39. The molecule has 1 aromatic heterocycles.